The van der Waals surface area contributed by atoms with Gasteiger partial charge in [-0.05, 0) is 49.6 Å². The number of rotatable bonds is 6. The van der Waals surface area contributed by atoms with Gasteiger partial charge in [0, 0.05) is 11.7 Å². The number of aryl methyl sites for hydroxylation is 1. The molecule has 7 heteroatoms. The van der Waals surface area contributed by atoms with Gasteiger partial charge in [0.05, 0.1) is 11.8 Å². The summed E-state index contributed by atoms with van der Waals surface area (Å²) >= 11 is 0. The summed E-state index contributed by atoms with van der Waals surface area (Å²) in [7, 11) is 0. The molecule has 0 spiro atoms. The summed E-state index contributed by atoms with van der Waals surface area (Å²) in [6.45, 7) is 1.49. The lowest BCUT2D eigenvalue weighted by molar-refractivity contribution is -0.124. The van der Waals surface area contributed by atoms with E-state index in [-0.39, 0.29) is 29.9 Å². The quantitative estimate of drug-likeness (QED) is 0.762. The van der Waals surface area contributed by atoms with E-state index < -0.39 is 11.9 Å². The van der Waals surface area contributed by atoms with Gasteiger partial charge in [-0.25, -0.2) is 4.79 Å². The molecular formula is C20H22N2O5. The number of carbonyl (C=O) groups excluding carboxylic acids is 3. The number of esters is 1. The molecule has 0 saturated heterocycles. The minimum absolute atomic E-state index is 0.172. The van der Waals surface area contributed by atoms with Crippen molar-refractivity contribution < 1.29 is 23.5 Å². The number of nitrogens with one attached hydrogen (secondary N) is 2. The van der Waals surface area contributed by atoms with Crippen LogP contribution in [0, 0.1) is 6.92 Å². The van der Waals surface area contributed by atoms with Gasteiger partial charge < -0.3 is 19.8 Å². The van der Waals surface area contributed by atoms with Crippen LogP contribution < -0.4 is 10.6 Å². The van der Waals surface area contributed by atoms with Crippen LogP contribution in [0.25, 0.3) is 0 Å². The zero-order valence-electron chi connectivity index (χ0n) is 15.1. The second-order valence-electron chi connectivity index (χ2n) is 6.59. The van der Waals surface area contributed by atoms with Gasteiger partial charge in [0.15, 0.2) is 12.4 Å². The zero-order valence-corrected chi connectivity index (χ0v) is 15.1. The zero-order chi connectivity index (χ0) is 19.2. The molecule has 27 heavy (non-hydrogen) atoms. The van der Waals surface area contributed by atoms with Gasteiger partial charge in [-0.2, -0.15) is 0 Å². The van der Waals surface area contributed by atoms with E-state index in [9.17, 15) is 14.4 Å². The van der Waals surface area contributed by atoms with Crippen molar-refractivity contribution in [1.82, 2.24) is 5.32 Å². The number of carbonyl (C=O) groups is 3. The number of hydrogen-bond acceptors (Lipinski definition) is 5. The molecule has 2 N–H and O–H groups in total. The van der Waals surface area contributed by atoms with Crippen molar-refractivity contribution in [2.75, 3.05) is 11.9 Å². The second-order valence-corrected chi connectivity index (χ2v) is 6.59. The van der Waals surface area contributed by atoms with E-state index in [1.807, 2.05) is 6.92 Å². The van der Waals surface area contributed by atoms with Gasteiger partial charge in [0.2, 0.25) is 0 Å². The van der Waals surface area contributed by atoms with Crippen LogP contribution in [0.15, 0.2) is 41.0 Å². The topological polar surface area (TPSA) is 97.6 Å². The van der Waals surface area contributed by atoms with E-state index in [0.717, 1.165) is 31.2 Å². The summed E-state index contributed by atoms with van der Waals surface area (Å²) in [5.74, 6) is -1.16. The molecular weight excluding hydrogens is 348 g/mol. The maximum atomic E-state index is 12.2. The van der Waals surface area contributed by atoms with Crippen LogP contribution in [0.4, 0.5) is 5.69 Å². The molecule has 0 aliphatic heterocycles. The van der Waals surface area contributed by atoms with Crippen molar-refractivity contribution in [3.63, 3.8) is 0 Å². The van der Waals surface area contributed by atoms with Crippen molar-refractivity contribution in [3.8, 4) is 0 Å². The summed E-state index contributed by atoms with van der Waals surface area (Å²) in [6, 6.07) is 8.16. The highest BCUT2D eigenvalue weighted by Crippen LogP contribution is 2.19. The number of hydrogen-bond donors (Lipinski definition) is 2. The Kier molecular flexibility index (Phi) is 5.90. The standard InChI is InChI=1S/C20H22N2O5/c1-13-8-9-14(11-16(13)22-19(24)17-7-4-10-26-17)20(25)27-12-18(23)21-15-5-2-3-6-15/h4,7-11,15H,2-3,5-6,12H2,1H3,(H,21,23)(H,22,24). The number of amides is 2. The lowest BCUT2D eigenvalue weighted by atomic mass is 10.1. The Labute approximate surface area is 157 Å². The first kappa shape index (κ1) is 18.7. The van der Waals surface area contributed by atoms with Crippen LogP contribution in [-0.2, 0) is 9.53 Å². The first-order valence-electron chi connectivity index (χ1n) is 8.95. The van der Waals surface area contributed by atoms with Crippen molar-refractivity contribution in [3.05, 3.63) is 53.5 Å². The monoisotopic (exact) mass is 370 g/mol. The molecule has 142 valence electrons. The molecule has 7 nitrogen and oxygen atoms in total. The van der Waals surface area contributed by atoms with Gasteiger partial charge >= 0.3 is 5.97 Å². The Morgan fingerprint density at radius 3 is 2.67 bits per heavy atom. The summed E-state index contributed by atoms with van der Waals surface area (Å²) in [6.07, 6.45) is 5.57. The van der Waals surface area contributed by atoms with Crippen LogP contribution in [-0.4, -0.2) is 30.4 Å². The second kappa shape index (κ2) is 8.53. The predicted octanol–water partition coefficient (Wildman–Crippen LogP) is 3.06. The van der Waals surface area contributed by atoms with E-state index in [1.54, 1.807) is 24.3 Å². The fourth-order valence-corrected chi connectivity index (χ4v) is 3.03. The highest BCUT2D eigenvalue weighted by molar-refractivity contribution is 6.03. The third-order valence-corrected chi connectivity index (χ3v) is 4.52. The van der Waals surface area contributed by atoms with Crippen LogP contribution in [0.2, 0.25) is 0 Å². The van der Waals surface area contributed by atoms with Crippen LogP contribution in [0.3, 0.4) is 0 Å². The molecule has 0 unspecified atom stereocenters. The van der Waals surface area contributed by atoms with Crippen molar-refractivity contribution >= 4 is 23.5 Å². The van der Waals surface area contributed by atoms with Gasteiger partial charge in [0.1, 0.15) is 0 Å². The van der Waals surface area contributed by atoms with E-state index in [2.05, 4.69) is 10.6 Å². The number of ether oxygens (including phenoxy) is 1. The van der Waals surface area contributed by atoms with E-state index >= 15 is 0 Å². The predicted molar refractivity (Wildman–Crippen MR) is 98.5 cm³/mol. The Bertz CT molecular complexity index is 823. The molecule has 0 bridgehead atoms. The molecule has 0 radical (unpaired) electrons. The van der Waals surface area contributed by atoms with Gasteiger partial charge in [0.25, 0.3) is 11.8 Å². The molecule has 1 aromatic carbocycles. The average molecular weight is 370 g/mol. The number of anilines is 1. The Morgan fingerprint density at radius 2 is 1.96 bits per heavy atom. The lowest BCUT2D eigenvalue weighted by Crippen LogP contribution is -2.35. The Hall–Kier alpha value is -3.09. The molecule has 1 saturated carbocycles. The van der Waals surface area contributed by atoms with Crippen molar-refractivity contribution in [2.45, 2.75) is 38.6 Å². The third kappa shape index (κ3) is 4.97. The molecule has 1 fully saturated rings. The smallest absolute Gasteiger partial charge is 0.338 e. The largest absolute Gasteiger partial charge is 0.459 e. The summed E-state index contributed by atoms with van der Waals surface area (Å²) < 4.78 is 10.1. The molecule has 2 aromatic rings. The maximum Gasteiger partial charge on any atom is 0.338 e. The fourth-order valence-electron chi connectivity index (χ4n) is 3.03. The summed E-state index contributed by atoms with van der Waals surface area (Å²) in [4.78, 5) is 36.2. The number of benzene rings is 1. The minimum atomic E-state index is -0.620. The Morgan fingerprint density at radius 1 is 1.19 bits per heavy atom. The van der Waals surface area contributed by atoms with Gasteiger partial charge in [-0.1, -0.05) is 18.9 Å². The van der Waals surface area contributed by atoms with E-state index in [0.29, 0.717) is 5.69 Å². The third-order valence-electron chi connectivity index (χ3n) is 4.52. The Balaban J connectivity index is 1.58. The van der Waals surface area contributed by atoms with Crippen LogP contribution in [0.1, 0.15) is 52.2 Å². The minimum Gasteiger partial charge on any atom is -0.459 e. The molecule has 1 heterocycles. The van der Waals surface area contributed by atoms with Gasteiger partial charge in [-0.15, -0.1) is 0 Å². The molecule has 1 aliphatic rings. The first-order valence-corrected chi connectivity index (χ1v) is 8.95. The lowest BCUT2D eigenvalue weighted by Gasteiger charge is -2.12. The molecule has 3 rings (SSSR count). The number of furan rings is 1. The maximum absolute atomic E-state index is 12.2. The van der Waals surface area contributed by atoms with Crippen LogP contribution in [0.5, 0.6) is 0 Å². The van der Waals surface area contributed by atoms with E-state index in [1.165, 1.54) is 12.3 Å². The van der Waals surface area contributed by atoms with Gasteiger partial charge in [-0.3, -0.25) is 9.59 Å². The fraction of sp³-hybridized carbons (Fsp3) is 0.350. The molecule has 1 aromatic heterocycles. The van der Waals surface area contributed by atoms with E-state index in [4.69, 9.17) is 9.15 Å². The van der Waals surface area contributed by atoms with Crippen molar-refractivity contribution in [1.29, 1.82) is 0 Å². The normalized spacial score (nSPS) is 14.0. The van der Waals surface area contributed by atoms with Crippen molar-refractivity contribution in [2.24, 2.45) is 0 Å². The summed E-state index contributed by atoms with van der Waals surface area (Å²) in [5, 5.41) is 5.57. The average Bonchev–Trinajstić information content (AvgIpc) is 3.35. The first-order chi connectivity index (χ1) is 13.0. The highest BCUT2D eigenvalue weighted by Gasteiger charge is 2.19. The molecule has 0 atom stereocenters. The van der Waals surface area contributed by atoms with Crippen LogP contribution >= 0.6 is 0 Å². The molecule has 1 aliphatic carbocycles. The summed E-state index contributed by atoms with van der Waals surface area (Å²) in [5.41, 5.74) is 1.51. The molecule has 2 amide bonds. The SMILES string of the molecule is Cc1ccc(C(=O)OCC(=O)NC2CCCC2)cc1NC(=O)c1ccco1. The highest BCUT2D eigenvalue weighted by atomic mass is 16.5.